The number of methoxy groups -OCH3 is 1. The van der Waals surface area contributed by atoms with Gasteiger partial charge in [0.25, 0.3) is 5.91 Å². The van der Waals surface area contributed by atoms with Gasteiger partial charge in [-0.25, -0.2) is 0 Å². The van der Waals surface area contributed by atoms with Gasteiger partial charge in [0, 0.05) is 10.9 Å². The van der Waals surface area contributed by atoms with Gasteiger partial charge in [0.1, 0.15) is 11.3 Å². The first-order valence-corrected chi connectivity index (χ1v) is 7.94. The molecule has 0 radical (unpaired) electrons. The molecule has 1 heterocycles. The first-order chi connectivity index (χ1) is 11.5. The average molecular weight is 323 g/mol. The van der Waals surface area contributed by atoms with Crippen LogP contribution in [0, 0.1) is 13.8 Å². The van der Waals surface area contributed by atoms with Crippen molar-refractivity contribution in [2.24, 2.45) is 0 Å². The van der Waals surface area contributed by atoms with Gasteiger partial charge in [-0.1, -0.05) is 23.8 Å². The van der Waals surface area contributed by atoms with Crippen molar-refractivity contribution in [1.82, 2.24) is 5.32 Å². The van der Waals surface area contributed by atoms with Gasteiger partial charge in [-0.3, -0.25) is 4.79 Å². The molecule has 0 spiro atoms. The van der Waals surface area contributed by atoms with E-state index in [-0.39, 0.29) is 11.9 Å². The number of rotatable bonds is 4. The van der Waals surface area contributed by atoms with Crippen molar-refractivity contribution in [3.8, 4) is 5.75 Å². The topological polar surface area (TPSA) is 51.5 Å². The predicted molar refractivity (Wildman–Crippen MR) is 94.6 cm³/mol. The lowest BCUT2D eigenvalue weighted by atomic mass is 10.1. The molecule has 0 bridgehead atoms. The molecule has 0 aliphatic carbocycles. The molecule has 3 aromatic rings. The number of carbonyl (C=O) groups excluding carboxylic acids is 1. The van der Waals surface area contributed by atoms with Gasteiger partial charge in [0.2, 0.25) is 0 Å². The molecule has 0 saturated carbocycles. The molecule has 0 aliphatic rings. The highest BCUT2D eigenvalue weighted by Crippen LogP contribution is 2.27. The van der Waals surface area contributed by atoms with Crippen molar-refractivity contribution in [1.29, 1.82) is 0 Å². The number of ether oxygens (including phenoxy) is 1. The van der Waals surface area contributed by atoms with Crippen LogP contribution >= 0.6 is 0 Å². The van der Waals surface area contributed by atoms with E-state index in [9.17, 15) is 4.79 Å². The Labute approximate surface area is 141 Å². The highest BCUT2D eigenvalue weighted by Gasteiger charge is 2.19. The van der Waals surface area contributed by atoms with Gasteiger partial charge in [-0.2, -0.15) is 0 Å². The van der Waals surface area contributed by atoms with E-state index in [1.807, 2.05) is 63.2 Å². The Bertz CT molecular complexity index is 878. The van der Waals surface area contributed by atoms with Crippen LogP contribution in [0.5, 0.6) is 5.75 Å². The third kappa shape index (κ3) is 3.00. The normalized spacial score (nSPS) is 12.2. The summed E-state index contributed by atoms with van der Waals surface area (Å²) in [5.41, 5.74) is 3.76. The molecule has 4 nitrogen and oxygen atoms in total. The van der Waals surface area contributed by atoms with Crippen LogP contribution in [0.3, 0.4) is 0 Å². The van der Waals surface area contributed by atoms with E-state index in [0.717, 1.165) is 33.4 Å². The van der Waals surface area contributed by atoms with Crippen molar-refractivity contribution in [3.05, 3.63) is 64.9 Å². The Morgan fingerprint density at radius 3 is 2.50 bits per heavy atom. The largest absolute Gasteiger partial charge is 0.497 e. The van der Waals surface area contributed by atoms with Crippen molar-refractivity contribution in [3.63, 3.8) is 0 Å². The molecule has 3 rings (SSSR count). The highest BCUT2D eigenvalue weighted by molar-refractivity contribution is 5.99. The van der Waals surface area contributed by atoms with E-state index in [1.165, 1.54) is 0 Å². The summed E-state index contributed by atoms with van der Waals surface area (Å²) in [5, 5.41) is 3.98. The van der Waals surface area contributed by atoms with E-state index >= 15 is 0 Å². The van der Waals surface area contributed by atoms with Crippen molar-refractivity contribution in [2.75, 3.05) is 7.11 Å². The molecular formula is C20H21NO3. The molecule has 124 valence electrons. The van der Waals surface area contributed by atoms with Gasteiger partial charge in [0.15, 0.2) is 5.76 Å². The lowest BCUT2D eigenvalue weighted by Crippen LogP contribution is -2.26. The van der Waals surface area contributed by atoms with Crippen molar-refractivity contribution >= 4 is 16.9 Å². The lowest BCUT2D eigenvalue weighted by molar-refractivity contribution is 0.0913. The predicted octanol–water partition coefficient (Wildman–Crippen LogP) is 4.55. The Morgan fingerprint density at radius 2 is 1.83 bits per heavy atom. The highest BCUT2D eigenvalue weighted by atomic mass is 16.5. The Kier molecular flexibility index (Phi) is 4.30. The van der Waals surface area contributed by atoms with E-state index in [1.54, 1.807) is 7.11 Å². The van der Waals surface area contributed by atoms with Gasteiger partial charge in [-0.05, 0) is 50.6 Å². The molecule has 1 unspecified atom stereocenters. The fourth-order valence-corrected chi connectivity index (χ4v) is 2.79. The number of fused-ring (bicyclic) bond motifs is 1. The maximum absolute atomic E-state index is 12.6. The maximum atomic E-state index is 12.6. The third-order valence-corrected chi connectivity index (χ3v) is 4.26. The lowest BCUT2D eigenvalue weighted by Gasteiger charge is -2.14. The van der Waals surface area contributed by atoms with Gasteiger partial charge < -0.3 is 14.5 Å². The zero-order valence-corrected chi connectivity index (χ0v) is 14.3. The molecule has 2 aromatic carbocycles. The molecule has 1 atom stereocenters. The zero-order chi connectivity index (χ0) is 17.3. The summed E-state index contributed by atoms with van der Waals surface area (Å²) in [6.45, 7) is 5.89. The zero-order valence-electron chi connectivity index (χ0n) is 14.3. The van der Waals surface area contributed by atoms with E-state index in [4.69, 9.17) is 9.15 Å². The third-order valence-electron chi connectivity index (χ3n) is 4.26. The molecule has 1 aromatic heterocycles. The molecule has 0 saturated heterocycles. The number of furan rings is 1. The van der Waals surface area contributed by atoms with Crippen LogP contribution in [0.4, 0.5) is 0 Å². The first-order valence-electron chi connectivity index (χ1n) is 7.94. The van der Waals surface area contributed by atoms with E-state index in [2.05, 4.69) is 5.32 Å². The number of hydrogen-bond donors (Lipinski definition) is 1. The molecule has 0 fully saturated rings. The van der Waals surface area contributed by atoms with Crippen LogP contribution in [-0.2, 0) is 0 Å². The number of hydrogen-bond acceptors (Lipinski definition) is 3. The number of aryl methyl sites for hydroxylation is 2. The summed E-state index contributed by atoms with van der Waals surface area (Å²) in [7, 11) is 1.63. The minimum atomic E-state index is -0.204. The maximum Gasteiger partial charge on any atom is 0.287 e. The second kappa shape index (κ2) is 6.40. The Balaban J connectivity index is 1.82. The summed E-state index contributed by atoms with van der Waals surface area (Å²) in [6, 6.07) is 13.4. The van der Waals surface area contributed by atoms with E-state index in [0.29, 0.717) is 5.76 Å². The average Bonchev–Trinajstić information content (AvgIpc) is 2.91. The molecule has 0 aliphatic heterocycles. The summed E-state index contributed by atoms with van der Waals surface area (Å²) in [4.78, 5) is 12.6. The van der Waals surface area contributed by atoms with Crippen LogP contribution in [-0.4, -0.2) is 13.0 Å². The SMILES string of the molecule is COc1ccc(C(C)NC(=O)c2oc3ccc(C)cc3c2C)cc1. The fraction of sp³-hybridized carbons (Fsp3) is 0.250. The number of carbonyl (C=O) groups is 1. The molecule has 24 heavy (non-hydrogen) atoms. The second-order valence-electron chi connectivity index (χ2n) is 6.02. The minimum Gasteiger partial charge on any atom is -0.497 e. The monoisotopic (exact) mass is 323 g/mol. The molecule has 1 N–H and O–H groups in total. The number of amides is 1. The summed E-state index contributed by atoms with van der Waals surface area (Å²) < 4.78 is 10.9. The molecule has 4 heteroatoms. The smallest absolute Gasteiger partial charge is 0.287 e. The second-order valence-corrected chi connectivity index (χ2v) is 6.02. The number of nitrogens with one attached hydrogen (secondary N) is 1. The first kappa shape index (κ1) is 16.1. The van der Waals surface area contributed by atoms with Gasteiger partial charge >= 0.3 is 0 Å². The van der Waals surface area contributed by atoms with E-state index < -0.39 is 0 Å². The van der Waals surface area contributed by atoms with Crippen LogP contribution in [0.15, 0.2) is 46.9 Å². The van der Waals surface area contributed by atoms with Crippen molar-refractivity contribution in [2.45, 2.75) is 26.8 Å². The van der Waals surface area contributed by atoms with Crippen LogP contribution in [0.2, 0.25) is 0 Å². The summed E-state index contributed by atoms with van der Waals surface area (Å²) in [5.74, 6) is 0.960. The summed E-state index contributed by atoms with van der Waals surface area (Å²) >= 11 is 0. The van der Waals surface area contributed by atoms with Gasteiger partial charge in [0.05, 0.1) is 13.2 Å². The van der Waals surface area contributed by atoms with Crippen LogP contribution in [0.1, 0.15) is 40.2 Å². The Hall–Kier alpha value is -2.75. The van der Waals surface area contributed by atoms with Crippen molar-refractivity contribution < 1.29 is 13.9 Å². The fourth-order valence-electron chi connectivity index (χ4n) is 2.79. The number of benzene rings is 2. The quantitative estimate of drug-likeness (QED) is 0.766. The standard InChI is InChI=1S/C20H21NO3/c1-12-5-10-18-17(11-12)13(2)19(24-18)20(22)21-14(3)15-6-8-16(23-4)9-7-15/h5-11,14H,1-4H3,(H,21,22). The summed E-state index contributed by atoms with van der Waals surface area (Å²) in [6.07, 6.45) is 0. The Morgan fingerprint density at radius 1 is 1.12 bits per heavy atom. The van der Waals surface area contributed by atoms with Crippen LogP contribution < -0.4 is 10.1 Å². The molecular weight excluding hydrogens is 302 g/mol. The molecule has 1 amide bonds. The van der Waals surface area contributed by atoms with Gasteiger partial charge in [-0.15, -0.1) is 0 Å². The van der Waals surface area contributed by atoms with Crippen LogP contribution in [0.25, 0.3) is 11.0 Å². The minimum absolute atomic E-state index is 0.127.